The molecular formula is C23H24N4O3S2. The molecule has 32 heavy (non-hydrogen) atoms. The zero-order valence-electron chi connectivity index (χ0n) is 17.6. The van der Waals surface area contributed by atoms with Gasteiger partial charge >= 0.3 is 0 Å². The summed E-state index contributed by atoms with van der Waals surface area (Å²) in [6.07, 6.45) is 2.60. The van der Waals surface area contributed by atoms with Crippen molar-refractivity contribution in [3.63, 3.8) is 0 Å². The van der Waals surface area contributed by atoms with E-state index in [0.29, 0.717) is 43.5 Å². The number of amides is 1. The highest BCUT2D eigenvalue weighted by Crippen LogP contribution is 2.41. The van der Waals surface area contributed by atoms with Gasteiger partial charge in [-0.25, -0.2) is 0 Å². The summed E-state index contributed by atoms with van der Waals surface area (Å²) < 4.78 is 7.38. The van der Waals surface area contributed by atoms with Crippen molar-refractivity contribution in [2.75, 3.05) is 32.1 Å². The molecule has 1 aliphatic carbocycles. The van der Waals surface area contributed by atoms with Gasteiger partial charge in [-0.1, -0.05) is 30.0 Å². The van der Waals surface area contributed by atoms with Crippen molar-refractivity contribution in [2.45, 2.75) is 30.3 Å². The van der Waals surface area contributed by atoms with E-state index in [1.54, 1.807) is 0 Å². The molecule has 1 aliphatic heterocycles. The molecule has 0 radical (unpaired) electrons. The van der Waals surface area contributed by atoms with Gasteiger partial charge in [-0.15, -0.1) is 21.5 Å². The van der Waals surface area contributed by atoms with Crippen LogP contribution in [-0.2, 0) is 16.0 Å². The summed E-state index contributed by atoms with van der Waals surface area (Å²) >= 11 is 2.82. The van der Waals surface area contributed by atoms with Gasteiger partial charge < -0.3 is 9.64 Å². The molecule has 1 saturated carbocycles. The Hall–Kier alpha value is -2.49. The van der Waals surface area contributed by atoms with Crippen LogP contribution in [0, 0.1) is 0 Å². The van der Waals surface area contributed by atoms with Gasteiger partial charge in [0, 0.05) is 29.6 Å². The Bertz CT molecular complexity index is 1100. The van der Waals surface area contributed by atoms with E-state index >= 15 is 0 Å². The summed E-state index contributed by atoms with van der Waals surface area (Å²) in [5.41, 5.74) is 1.02. The van der Waals surface area contributed by atoms with Crippen LogP contribution in [0.3, 0.4) is 0 Å². The summed E-state index contributed by atoms with van der Waals surface area (Å²) in [5, 5.41) is 9.54. The molecule has 1 saturated heterocycles. The molecule has 9 heteroatoms. The van der Waals surface area contributed by atoms with Crippen molar-refractivity contribution in [3.05, 3.63) is 58.0 Å². The maximum atomic E-state index is 12.8. The molecule has 0 bridgehead atoms. The van der Waals surface area contributed by atoms with Crippen molar-refractivity contribution in [2.24, 2.45) is 0 Å². The molecule has 1 amide bonds. The van der Waals surface area contributed by atoms with Crippen LogP contribution in [0.2, 0.25) is 0 Å². The fourth-order valence-electron chi connectivity index (χ4n) is 3.70. The number of hydrogen-bond acceptors (Lipinski definition) is 7. The number of Topliss-reactive ketones (excluding diaryl/α,β-unsaturated/α-hetero) is 1. The maximum Gasteiger partial charge on any atom is 0.227 e. The smallest absolute Gasteiger partial charge is 0.227 e. The standard InChI is InChI=1S/C23H24N4O3S2/c28-19(20-9-8-18(32-20)14-21(29)26-10-12-30-13-11-26)15-31-23-25-24-22(16-6-7-16)27(23)17-4-2-1-3-5-17/h1-5,8-9,16H,6-7,10-15H2. The summed E-state index contributed by atoms with van der Waals surface area (Å²) in [7, 11) is 0. The van der Waals surface area contributed by atoms with E-state index in [0.717, 1.165) is 34.4 Å². The van der Waals surface area contributed by atoms with Gasteiger partial charge in [-0.2, -0.15) is 0 Å². The molecule has 3 heterocycles. The van der Waals surface area contributed by atoms with Crippen LogP contribution in [0.25, 0.3) is 5.69 Å². The number of carbonyl (C=O) groups is 2. The molecule has 0 unspecified atom stereocenters. The lowest BCUT2D eigenvalue weighted by atomic mass is 10.3. The van der Waals surface area contributed by atoms with E-state index in [4.69, 9.17) is 4.74 Å². The van der Waals surface area contributed by atoms with E-state index in [2.05, 4.69) is 14.8 Å². The summed E-state index contributed by atoms with van der Waals surface area (Å²) in [4.78, 5) is 28.7. The molecule has 5 rings (SSSR count). The first kappa shape index (κ1) is 21.4. The fraction of sp³-hybridized carbons (Fsp3) is 0.391. The molecule has 2 aliphatic rings. The average Bonchev–Trinajstić information content (AvgIpc) is 3.42. The third kappa shape index (κ3) is 4.79. The Labute approximate surface area is 194 Å². The zero-order chi connectivity index (χ0) is 21.9. The second-order valence-electron chi connectivity index (χ2n) is 7.93. The summed E-state index contributed by atoms with van der Waals surface area (Å²) in [6.45, 7) is 2.45. The molecule has 2 aromatic heterocycles. The predicted molar refractivity (Wildman–Crippen MR) is 124 cm³/mol. The van der Waals surface area contributed by atoms with Crippen LogP contribution in [0.4, 0.5) is 0 Å². The SMILES string of the molecule is O=C(CSc1nnc(C2CC2)n1-c1ccccc1)c1ccc(CC(=O)N2CCOCC2)s1. The van der Waals surface area contributed by atoms with Crippen molar-refractivity contribution in [3.8, 4) is 5.69 Å². The van der Waals surface area contributed by atoms with Crippen molar-refractivity contribution in [1.82, 2.24) is 19.7 Å². The number of ketones is 1. The van der Waals surface area contributed by atoms with E-state index in [9.17, 15) is 9.59 Å². The van der Waals surface area contributed by atoms with Gasteiger partial charge in [0.15, 0.2) is 10.9 Å². The number of morpholine rings is 1. The maximum absolute atomic E-state index is 12.8. The van der Waals surface area contributed by atoms with Crippen LogP contribution in [0.15, 0.2) is 47.6 Å². The zero-order valence-corrected chi connectivity index (χ0v) is 19.2. The van der Waals surface area contributed by atoms with Crippen molar-refractivity contribution < 1.29 is 14.3 Å². The highest BCUT2D eigenvalue weighted by Gasteiger charge is 2.31. The normalized spacial score (nSPS) is 16.3. The van der Waals surface area contributed by atoms with E-state index in [-0.39, 0.29) is 17.4 Å². The third-order valence-corrected chi connectivity index (χ3v) is 7.63. The number of rotatable bonds is 8. The minimum atomic E-state index is 0.0423. The number of hydrogen-bond donors (Lipinski definition) is 0. The van der Waals surface area contributed by atoms with Crippen molar-refractivity contribution in [1.29, 1.82) is 0 Å². The Balaban J connectivity index is 1.24. The molecular weight excluding hydrogens is 444 g/mol. The van der Waals surface area contributed by atoms with Gasteiger partial charge in [0.2, 0.25) is 5.91 Å². The van der Waals surface area contributed by atoms with E-state index in [1.807, 2.05) is 47.4 Å². The fourth-order valence-corrected chi connectivity index (χ4v) is 5.57. The number of nitrogens with zero attached hydrogens (tertiary/aromatic N) is 4. The highest BCUT2D eigenvalue weighted by molar-refractivity contribution is 7.99. The van der Waals surface area contributed by atoms with Crippen molar-refractivity contribution >= 4 is 34.8 Å². The number of para-hydroxylation sites is 1. The summed E-state index contributed by atoms with van der Waals surface area (Å²) in [6, 6.07) is 13.8. The van der Waals surface area contributed by atoms with Crippen LogP contribution < -0.4 is 0 Å². The lowest BCUT2D eigenvalue weighted by molar-refractivity contribution is -0.134. The molecule has 1 aromatic carbocycles. The molecule has 7 nitrogen and oxygen atoms in total. The number of ether oxygens (including phenoxy) is 1. The van der Waals surface area contributed by atoms with Crippen LogP contribution >= 0.6 is 23.1 Å². The lowest BCUT2D eigenvalue weighted by Gasteiger charge is -2.26. The van der Waals surface area contributed by atoms with Gasteiger partial charge in [0.25, 0.3) is 0 Å². The number of thioether (sulfide) groups is 1. The summed E-state index contributed by atoms with van der Waals surface area (Å²) in [5.74, 6) is 1.85. The average molecular weight is 469 g/mol. The largest absolute Gasteiger partial charge is 0.378 e. The highest BCUT2D eigenvalue weighted by atomic mass is 32.2. The quantitative estimate of drug-likeness (QED) is 0.372. The molecule has 0 spiro atoms. The Morgan fingerprint density at radius 1 is 1.06 bits per heavy atom. The number of carbonyl (C=O) groups excluding carboxylic acids is 2. The van der Waals surface area contributed by atoms with Gasteiger partial charge in [-0.3, -0.25) is 14.2 Å². The molecule has 166 valence electrons. The topological polar surface area (TPSA) is 77.3 Å². The predicted octanol–water partition coefficient (Wildman–Crippen LogP) is 3.58. The Kier molecular flexibility index (Phi) is 6.38. The third-order valence-electron chi connectivity index (χ3n) is 5.57. The molecule has 2 fully saturated rings. The van der Waals surface area contributed by atoms with Crippen LogP contribution in [-0.4, -0.2) is 63.4 Å². The Morgan fingerprint density at radius 3 is 2.59 bits per heavy atom. The number of aromatic nitrogens is 3. The molecule has 0 atom stereocenters. The van der Waals surface area contributed by atoms with Crippen LogP contribution in [0.5, 0.6) is 0 Å². The second-order valence-corrected chi connectivity index (χ2v) is 10.0. The minimum absolute atomic E-state index is 0.0423. The first-order chi connectivity index (χ1) is 15.7. The van der Waals surface area contributed by atoms with Gasteiger partial charge in [0.1, 0.15) is 5.82 Å². The van der Waals surface area contributed by atoms with Gasteiger partial charge in [0.05, 0.1) is 30.3 Å². The van der Waals surface area contributed by atoms with Crippen LogP contribution in [0.1, 0.15) is 39.1 Å². The Morgan fingerprint density at radius 2 is 1.84 bits per heavy atom. The van der Waals surface area contributed by atoms with Gasteiger partial charge in [-0.05, 0) is 37.1 Å². The van der Waals surface area contributed by atoms with E-state index < -0.39 is 0 Å². The van der Waals surface area contributed by atoms with E-state index in [1.165, 1.54) is 23.1 Å². The number of thiophene rings is 1. The second kappa shape index (κ2) is 9.56. The number of benzene rings is 1. The molecule has 0 N–H and O–H groups in total. The lowest BCUT2D eigenvalue weighted by Crippen LogP contribution is -2.41. The first-order valence-corrected chi connectivity index (χ1v) is 12.6. The first-order valence-electron chi connectivity index (χ1n) is 10.8. The minimum Gasteiger partial charge on any atom is -0.378 e. The molecule has 3 aromatic rings. The monoisotopic (exact) mass is 468 g/mol.